The Morgan fingerprint density at radius 1 is 1.18 bits per heavy atom. The molecule has 2 aliphatic carbocycles. The van der Waals surface area contributed by atoms with E-state index in [2.05, 4.69) is 6.92 Å². The molecule has 3 fully saturated rings. The first-order valence-corrected chi connectivity index (χ1v) is 7.24. The highest BCUT2D eigenvalue weighted by Crippen LogP contribution is 2.43. The van der Waals surface area contributed by atoms with Crippen LogP contribution in [0.4, 0.5) is 0 Å². The molecule has 0 aromatic heterocycles. The van der Waals surface area contributed by atoms with Crippen molar-refractivity contribution in [3.8, 4) is 0 Å². The Bertz CT molecular complexity index is 309. The topological polar surface area (TPSA) is 26.3 Å². The van der Waals surface area contributed by atoms with Crippen molar-refractivity contribution in [2.24, 2.45) is 11.8 Å². The maximum atomic E-state index is 12.3. The number of fused-ring (bicyclic) bond motifs is 2. The van der Waals surface area contributed by atoms with Crippen molar-refractivity contribution in [2.45, 2.75) is 38.6 Å². The summed E-state index contributed by atoms with van der Waals surface area (Å²) in [5, 5.41) is 0. The Balaban J connectivity index is 1.84. The van der Waals surface area contributed by atoms with E-state index >= 15 is 0 Å². The monoisotopic (exact) mass is 238 g/mol. The number of morpholine rings is 1. The highest BCUT2D eigenvalue weighted by atomic mass is 16.5. The van der Waals surface area contributed by atoms with E-state index in [4.69, 9.17) is 4.74 Å². The van der Waals surface area contributed by atoms with Gasteiger partial charge in [0.2, 0.25) is 0 Å². The van der Waals surface area contributed by atoms with Gasteiger partial charge in [0.25, 0.3) is 0 Å². The number of likely N-dealkylation sites (N-methyl/N-ethyl adjacent to an activating group) is 1. The average Bonchev–Trinajstić information content (AvgIpc) is 2.63. The standard InChI is InChI=1S/C14H24NO2/c1-2-15(7-9-17-10-8-15)13-6-4-11-3-5-12(13)14(11)16/h11-13H,2-10H2,1H3/q+1/t11-,12+,13+/m1/s1. The first-order valence-electron chi connectivity index (χ1n) is 7.24. The Hall–Kier alpha value is -0.410. The summed E-state index contributed by atoms with van der Waals surface area (Å²) in [6, 6.07) is 0.607. The van der Waals surface area contributed by atoms with Crippen LogP contribution in [0.2, 0.25) is 0 Å². The van der Waals surface area contributed by atoms with Crippen LogP contribution < -0.4 is 0 Å². The molecule has 1 saturated heterocycles. The van der Waals surface area contributed by atoms with Gasteiger partial charge in [-0.25, -0.2) is 0 Å². The van der Waals surface area contributed by atoms with Crippen LogP contribution in [0.15, 0.2) is 0 Å². The van der Waals surface area contributed by atoms with E-state index in [1.54, 1.807) is 0 Å². The summed E-state index contributed by atoms with van der Waals surface area (Å²) in [6.07, 6.45) is 4.75. The lowest BCUT2D eigenvalue weighted by molar-refractivity contribution is -0.959. The maximum Gasteiger partial charge on any atom is 0.144 e. The van der Waals surface area contributed by atoms with Gasteiger partial charge in [-0.1, -0.05) is 0 Å². The van der Waals surface area contributed by atoms with Crippen LogP contribution >= 0.6 is 0 Å². The van der Waals surface area contributed by atoms with Crippen molar-refractivity contribution in [1.82, 2.24) is 0 Å². The molecule has 2 saturated carbocycles. The first kappa shape index (κ1) is 11.7. The fraction of sp³-hybridized carbons (Fsp3) is 0.929. The van der Waals surface area contributed by atoms with Gasteiger partial charge >= 0.3 is 0 Å². The van der Waals surface area contributed by atoms with E-state index in [0.717, 1.165) is 43.6 Å². The van der Waals surface area contributed by atoms with Crippen molar-refractivity contribution < 1.29 is 14.0 Å². The summed E-state index contributed by atoms with van der Waals surface area (Å²) in [4.78, 5) is 12.3. The predicted molar refractivity (Wildman–Crippen MR) is 65.6 cm³/mol. The second-order valence-electron chi connectivity index (χ2n) is 6.02. The molecular formula is C14H24NO2+. The number of carbonyl (C=O) groups excluding carboxylic acids is 1. The number of carbonyl (C=O) groups is 1. The summed E-state index contributed by atoms with van der Waals surface area (Å²) in [5.41, 5.74) is 0. The molecule has 3 aliphatic rings. The number of hydrogen-bond donors (Lipinski definition) is 0. The summed E-state index contributed by atoms with van der Waals surface area (Å²) < 4.78 is 6.68. The minimum absolute atomic E-state index is 0.381. The molecule has 3 atom stereocenters. The summed E-state index contributed by atoms with van der Waals surface area (Å²) in [7, 11) is 0. The van der Waals surface area contributed by atoms with E-state index in [-0.39, 0.29) is 0 Å². The zero-order valence-electron chi connectivity index (χ0n) is 10.9. The molecule has 0 N–H and O–H groups in total. The summed E-state index contributed by atoms with van der Waals surface area (Å²) in [5.74, 6) is 1.40. The molecule has 3 rings (SSSR count). The highest BCUT2D eigenvalue weighted by molar-refractivity contribution is 5.86. The van der Waals surface area contributed by atoms with Crippen LogP contribution in [0.5, 0.6) is 0 Å². The molecule has 0 aromatic rings. The van der Waals surface area contributed by atoms with Crippen LogP contribution in [-0.2, 0) is 9.53 Å². The Labute approximate surface area is 104 Å². The van der Waals surface area contributed by atoms with E-state index < -0.39 is 0 Å². The van der Waals surface area contributed by atoms with Gasteiger partial charge in [-0.05, 0) is 26.2 Å². The van der Waals surface area contributed by atoms with E-state index in [9.17, 15) is 4.79 Å². The van der Waals surface area contributed by atoms with Crippen LogP contribution in [0, 0.1) is 11.8 Å². The number of hydrogen-bond acceptors (Lipinski definition) is 2. The minimum Gasteiger partial charge on any atom is -0.370 e. The Morgan fingerprint density at radius 3 is 2.59 bits per heavy atom. The van der Waals surface area contributed by atoms with Gasteiger partial charge in [0, 0.05) is 12.3 Å². The molecule has 17 heavy (non-hydrogen) atoms. The molecule has 0 unspecified atom stereocenters. The molecule has 0 aromatic carbocycles. The van der Waals surface area contributed by atoms with Gasteiger partial charge in [0.15, 0.2) is 0 Å². The zero-order chi connectivity index (χ0) is 11.9. The molecule has 0 spiro atoms. The van der Waals surface area contributed by atoms with Gasteiger partial charge < -0.3 is 9.22 Å². The molecule has 3 nitrogen and oxygen atoms in total. The number of nitrogens with zero attached hydrogens (tertiary/aromatic N) is 1. The smallest absolute Gasteiger partial charge is 0.144 e. The second-order valence-corrected chi connectivity index (χ2v) is 6.02. The summed E-state index contributed by atoms with van der Waals surface area (Å²) in [6.45, 7) is 7.47. The molecule has 0 amide bonds. The van der Waals surface area contributed by atoms with Gasteiger partial charge in [-0.3, -0.25) is 4.79 Å². The predicted octanol–water partition coefficient (Wildman–Crippen LogP) is 1.61. The number of rotatable bonds is 2. The number of ether oxygens (including phenoxy) is 1. The van der Waals surface area contributed by atoms with Crippen molar-refractivity contribution in [3.63, 3.8) is 0 Å². The largest absolute Gasteiger partial charge is 0.370 e. The third-order valence-corrected chi connectivity index (χ3v) is 5.56. The van der Waals surface area contributed by atoms with Gasteiger partial charge in [0.1, 0.15) is 18.9 Å². The molecule has 0 radical (unpaired) electrons. The zero-order valence-corrected chi connectivity index (χ0v) is 10.9. The number of Topliss-reactive ketones (excluding diaryl/α,β-unsaturated/α-hetero) is 1. The second kappa shape index (κ2) is 4.36. The lowest BCUT2D eigenvalue weighted by Crippen LogP contribution is -2.64. The normalized spacial score (nSPS) is 40.5. The molecule has 2 bridgehead atoms. The lowest BCUT2D eigenvalue weighted by atomic mass is 9.81. The van der Waals surface area contributed by atoms with Gasteiger partial charge in [-0.15, -0.1) is 0 Å². The van der Waals surface area contributed by atoms with Crippen LogP contribution in [0.3, 0.4) is 0 Å². The number of ketones is 1. The van der Waals surface area contributed by atoms with Crippen LogP contribution in [-0.4, -0.2) is 49.2 Å². The van der Waals surface area contributed by atoms with E-state index in [1.165, 1.54) is 19.4 Å². The van der Waals surface area contributed by atoms with E-state index in [0.29, 0.717) is 23.7 Å². The first-order chi connectivity index (χ1) is 8.27. The van der Waals surface area contributed by atoms with Crippen molar-refractivity contribution in [3.05, 3.63) is 0 Å². The van der Waals surface area contributed by atoms with Crippen molar-refractivity contribution in [2.75, 3.05) is 32.8 Å². The maximum absolute atomic E-state index is 12.3. The van der Waals surface area contributed by atoms with E-state index in [1.807, 2.05) is 0 Å². The van der Waals surface area contributed by atoms with Crippen LogP contribution in [0.25, 0.3) is 0 Å². The average molecular weight is 238 g/mol. The summed E-state index contributed by atoms with van der Waals surface area (Å²) >= 11 is 0. The SMILES string of the molecule is CC[N+]1([C@H]2CC[C@H]3CC[C@@H]2C3=O)CCOCC1. The highest BCUT2D eigenvalue weighted by Gasteiger charge is 2.51. The van der Waals surface area contributed by atoms with Gasteiger partial charge in [-0.2, -0.15) is 0 Å². The third kappa shape index (κ3) is 1.75. The third-order valence-electron chi connectivity index (χ3n) is 5.56. The molecule has 3 heteroatoms. The molecule has 1 heterocycles. The molecule has 1 aliphatic heterocycles. The lowest BCUT2D eigenvalue weighted by Gasteiger charge is -2.49. The Kier molecular flexibility index (Phi) is 2.99. The quantitative estimate of drug-likeness (QED) is 0.683. The van der Waals surface area contributed by atoms with Crippen molar-refractivity contribution in [1.29, 1.82) is 0 Å². The molecular weight excluding hydrogens is 214 g/mol. The minimum atomic E-state index is 0.381. The van der Waals surface area contributed by atoms with Crippen LogP contribution in [0.1, 0.15) is 32.6 Å². The fourth-order valence-electron chi connectivity index (χ4n) is 4.45. The molecule has 96 valence electrons. The Morgan fingerprint density at radius 2 is 1.88 bits per heavy atom. The fourth-order valence-corrected chi connectivity index (χ4v) is 4.45. The van der Waals surface area contributed by atoms with Crippen molar-refractivity contribution >= 4 is 5.78 Å². The number of quaternary nitrogens is 1. The van der Waals surface area contributed by atoms with Gasteiger partial charge in [0.05, 0.1) is 31.7 Å².